The molecule has 0 aliphatic carbocycles. The molecular weight excluding hydrogens is 384 g/mol. The minimum Gasteiger partial charge on any atom is -0.302 e. The van der Waals surface area contributed by atoms with Crippen molar-refractivity contribution in [1.82, 2.24) is 14.7 Å². The Morgan fingerprint density at radius 3 is 2.56 bits per heavy atom. The molecule has 0 saturated heterocycles. The highest BCUT2D eigenvalue weighted by molar-refractivity contribution is 7.89. The normalized spacial score (nSPS) is 11.3. The van der Waals surface area contributed by atoms with E-state index in [1.54, 1.807) is 24.4 Å². The smallest absolute Gasteiger partial charge is 0.240 e. The first kappa shape index (κ1) is 19.2. The lowest BCUT2D eigenvalue weighted by Crippen LogP contribution is -2.27. The summed E-state index contributed by atoms with van der Waals surface area (Å²) in [7, 11) is -3.62. The number of hydrogen-bond donors (Lipinski definition) is 2. The van der Waals surface area contributed by atoms with E-state index < -0.39 is 10.0 Å². The maximum absolute atomic E-state index is 12.1. The van der Waals surface area contributed by atoms with E-state index in [9.17, 15) is 13.2 Å². The molecule has 0 fully saturated rings. The van der Waals surface area contributed by atoms with Crippen LogP contribution in [-0.4, -0.2) is 30.8 Å². The predicted octanol–water partition coefficient (Wildman–Crippen LogP) is 2.82. The Bertz CT molecular complexity index is 1020. The number of thiazole rings is 1. The highest BCUT2D eigenvalue weighted by atomic mass is 32.2. The minimum atomic E-state index is -3.62. The number of pyridine rings is 1. The van der Waals surface area contributed by atoms with Gasteiger partial charge >= 0.3 is 0 Å². The first-order valence-electron chi connectivity index (χ1n) is 8.19. The van der Waals surface area contributed by atoms with Gasteiger partial charge < -0.3 is 5.32 Å². The molecule has 0 bridgehead atoms. The van der Waals surface area contributed by atoms with Gasteiger partial charge in [0.25, 0.3) is 0 Å². The van der Waals surface area contributed by atoms with E-state index in [2.05, 4.69) is 20.0 Å². The molecule has 0 radical (unpaired) electrons. The van der Waals surface area contributed by atoms with Crippen molar-refractivity contribution in [2.75, 3.05) is 11.9 Å². The van der Waals surface area contributed by atoms with Crippen LogP contribution in [0.1, 0.15) is 12.1 Å². The summed E-state index contributed by atoms with van der Waals surface area (Å²) in [4.78, 5) is 21.8. The molecule has 1 aromatic carbocycles. The monoisotopic (exact) mass is 402 g/mol. The van der Waals surface area contributed by atoms with E-state index in [1.807, 2.05) is 25.1 Å². The number of hydrogen-bond acceptors (Lipinski definition) is 6. The summed E-state index contributed by atoms with van der Waals surface area (Å²) in [5, 5.41) is 3.17. The second-order valence-electron chi connectivity index (χ2n) is 5.66. The third kappa shape index (κ3) is 4.97. The van der Waals surface area contributed by atoms with Crippen LogP contribution in [0.15, 0.2) is 59.6 Å². The van der Waals surface area contributed by atoms with Gasteiger partial charge in [-0.2, -0.15) is 0 Å². The van der Waals surface area contributed by atoms with Crippen molar-refractivity contribution in [1.29, 1.82) is 0 Å². The average Bonchev–Trinajstić information content (AvgIpc) is 3.03. The number of carbonyl (C=O) groups is 1. The quantitative estimate of drug-likeness (QED) is 0.633. The average molecular weight is 403 g/mol. The lowest BCUT2D eigenvalue weighted by atomic mass is 10.3. The molecule has 3 aromatic rings. The molecule has 2 aromatic heterocycles. The highest BCUT2D eigenvalue weighted by Crippen LogP contribution is 2.31. The van der Waals surface area contributed by atoms with E-state index >= 15 is 0 Å². The van der Waals surface area contributed by atoms with Crippen molar-refractivity contribution < 1.29 is 13.2 Å². The maximum atomic E-state index is 12.1. The first-order chi connectivity index (χ1) is 13.0. The summed E-state index contributed by atoms with van der Waals surface area (Å²) in [6, 6.07) is 13.6. The van der Waals surface area contributed by atoms with Gasteiger partial charge in [-0.05, 0) is 31.2 Å². The molecule has 1 amide bonds. The van der Waals surface area contributed by atoms with Gasteiger partial charge in [-0.3, -0.25) is 9.78 Å². The topological polar surface area (TPSA) is 101 Å². The summed E-state index contributed by atoms with van der Waals surface area (Å²) in [5.74, 6) is -0.313. The molecule has 7 nitrogen and oxygen atoms in total. The first-order valence-corrected chi connectivity index (χ1v) is 10.5. The molecule has 2 heterocycles. The second kappa shape index (κ2) is 8.38. The lowest BCUT2D eigenvalue weighted by Gasteiger charge is -2.06. The zero-order chi connectivity index (χ0) is 19.3. The Hall–Kier alpha value is -2.62. The number of sulfonamides is 1. The molecule has 9 heteroatoms. The third-order valence-electron chi connectivity index (χ3n) is 3.64. The minimum absolute atomic E-state index is 0.000512. The zero-order valence-electron chi connectivity index (χ0n) is 14.5. The van der Waals surface area contributed by atoms with Crippen LogP contribution in [0.4, 0.5) is 5.13 Å². The lowest BCUT2D eigenvalue weighted by molar-refractivity contribution is -0.116. The molecule has 0 aliphatic heterocycles. The zero-order valence-corrected chi connectivity index (χ0v) is 16.2. The number of nitrogens with zero attached hydrogens (tertiary/aromatic N) is 2. The van der Waals surface area contributed by atoms with Crippen LogP contribution in [0.25, 0.3) is 10.6 Å². The number of carbonyl (C=O) groups excluding carboxylic acids is 1. The molecule has 0 atom stereocenters. The van der Waals surface area contributed by atoms with Gasteiger partial charge in [0.05, 0.1) is 21.2 Å². The SMILES string of the molecule is Cc1nc(NC(=O)CCNS(=O)(=O)c2ccccc2)sc1-c1ccccn1. The second-order valence-corrected chi connectivity index (χ2v) is 8.42. The maximum Gasteiger partial charge on any atom is 0.240 e. The summed E-state index contributed by atoms with van der Waals surface area (Å²) in [6.45, 7) is 1.85. The van der Waals surface area contributed by atoms with Gasteiger partial charge in [0.2, 0.25) is 15.9 Å². The van der Waals surface area contributed by atoms with Gasteiger partial charge in [-0.25, -0.2) is 18.1 Å². The fourth-order valence-corrected chi connectivity index (χ4v) is 4.36. The summed E-state index contributed by atoms with van der Waals surface area (Å²) >= 11 is 1.33. The number of aromatic nitrogens is 2. The molecule has 0 aliphatic rings. The van der Waals surface area contributed by atoms with Crippen LogP contribution in [0.3, 0.4) is 0 Å². The number of rotatable bonds is 7. The van der Waals surface area contributed by atoms with Gasteiger partial charge in [0.1, 0.15) is 0 Å². The largest absolute Gasteiger partial charge is 0.302 e. The van der Waals surface area contributed by atoms with Gasteiger partial charge in [0, 0.05) is 19.2 Å². The number of amides is 1. The van der Waals surface area contributed by atoms with E-state index in [-0.39, 0.29) is 23.8 Å². The molecule has 2 N–H and O–H groups in total. The van der Waals surface area contributed by atoms with Crippen molar-refractivity contribution in [3.63, 3.8) is 0 Å². The van der Waals surface area contributed by atoms with Crippen LogP contribution >= 0.6 is 11.3 Å². The van der Waals surface area contributed by atoms with E-state index in [1.165, 1.54) is 23.5 Å². The van der Waals surface area contributed by atoms with E-state index in [4.69, 9.17) is 0 Å². The molecule has 3 rings (SSSR count). The third-order valence-corrected chi connectivity index (χ3v) is 6.21. The van der Waals surface area contributed by atoms with E-state index in [0.29, 0.717) is 5.13 Å². The number of benzene rings is 1. The fraction of sp³-hybridized carbons (Fsp3) is 0.167. The van der Waals surface area contributed by atoms with Crippen molar-refractivity contribution in [3.8, 4) is 10.6 Å². The van der Waals surface area contributed by atoms with Crippen LogP contribution in [0.2, 0.25) is 0 Å². The molecule has 0 spiro atoms. The van der Waals surface area contributed by atoms with E-state index in [0.717, 1.165) is 16.3 Å². The van der Waals surface area contributed by atoms with Crippen molar-refractivity contribution in [2.24, 2.45) is 0 Å². The number of anilines is 1. The van der Waals surface area contributed by atoms with Crippen molar-refractivity contribution >= 4 is 32.4 Å². The van der Waals surface area contributed by atoms with Crippen molar-refractivity contribution in [2.45, 2.75) is 18.2 Å². The van der Waals surface area contributed by atoms with Gasteiger partial charge in [0.15, 0.2) is 5.13 Å². The van der Waals surface area contributed by atoms with Crippen LogP contribution < -0.4 is 10.0 Å². The molecular formula is C18H18N4O3S2. The van der Waals surface area contributed by atoms with Gasteiger partial charge in [-0.15, -0.1) is 0 Å². The van der Waals surface area contributed by atoms with Crippen LogP contribution in [0, 0.1) is 6.92 Å². The molecule has 140 valence electrons. The Morgan fingerprint density at radius 1 is 1.11 bits per heavy atom. The Labute approximate surface area is 161 Å². The summed E-state index contributed by atoms with van der Waals surface area (Å²) in [5.41, 5.74) is 1.57. The standard InChI is InChI=1S/C18H18N4O3S2/c1-13-17(15-9-5-6-11-19-15)26-18(21-13)22-16(23)10-12-20-27(24,25)14-7-3-2-4-8-14/h2-9,11,20H,10,12H2,1H3,(H,21,22,23). The van der Waals surface area contributed by atoms with Crippen molar-refractivity contribution in [3.05, 3.63) is 60.4 Å². The molecule has 0 unspecified atom stereocenters. The van der Waals surface area contributed by atoms with Crippen LogP contribution in [-0.2, 0) is 14.8 Å². The van der Waals surface area contributed by atoms with Gasteiger partial charge in [-0.1, -0.05) is 35.6 Å². The molecule has 0 saturated carbocycles. The summed E-state index contributed by atoms with van der Waals surface area (Å²) in [6.07, 6.45) is 1.70. The predicted molar refractivity (Wildman–Crippen MR) is 105 cm³/mol. The Morgan fingerprint density at radius 2 is 1.85 bits per heavy atom. The number of nitrogens with one attached hydrogen (secondary N) is 2. The Kier molecular flexibility index (Phi) is 5.94. The summed E-state index contributed by atoms with van der Waals surface area (Å²) < 4.78 is 26.7. The fourth-order valence-electron chi connectivity index (χ4n) is 2.35. The molecule has 27 heavy (non-hydrogen) atoms. The highest BCUT2D eigenvalue weighted by Gasteiger charge is 2.15. The van der Waals surface area contributed by atoms with Crippen LogP contribution in [0.5, 0.6) is 0 Å². The Balaban J connectivity index is 1.56. The number of aryl methyl sites for hydroxylation is 1.